The molecule has 4 aromatic rings. The highest BCUT2D eigenvalue weighted by molar-refractivity contribution is 5.90. The van der Waals surface area contributed by atoms with E-state index in [4.69, 9.17) is 4.52 Å². The molecule has 2 aliphatic heterocycles. The molecule has 3 aromatic heterocycles. The van der Waals surface area contributed by atoms with Gasteiger partial charge in [0.25, 0.3) is 0 Å². The quantitative estimate of drug-likeness (QED) is 0.311. The van der Waals surface area contributed by atoms with Gasteiger partial charge >= 0.3 is 6.18 Å². The van der Waals surface area contributed by atoms with Gasteiger partial charge in [-0.1, -0.05) is 5.16 Å². The number of rotatable bonds is 6. The van der Waals surface area contributed by atoms with E-state index in [1.165, 1.54) is 6.07 Å². The van der Waals surface area contributed by atoms with Crippen LogP contribution < -0.4 is 5.32 Å². The Morgan fingerprint density at radius 1 is 1.02 bits per heavy atom. The van der Waals surface area contributed by atoms with Crippen LogP contribution in [0.1, 0.15) is 49.8 Å². The van der Waals surface area contributed by atoms with Gasteiger partial charge in [-0.15, -0.1) is 0 Å². The Balaban J connectivity index is 0.915. The predicted molar refractivity (Wildman–Crippen MR) is 159 cm³/mol. The van der Waals surface area contributed by atoms with Gasteiger partial charge in [0, 0.05) is 55.2 Å². The molecule has 1 saturated carbocycles. The number of aliphatic hydroxyl groups is 1. The molecule has 7 rings (SSSR count). The fraction of sp³-hybridized carbons (Fsp3) is 0.469. The van der Waals surface area contributed by atoms with Gasteiger partial charge in [-0.3, -0.25) is 14.7 Å². The smallest absolute Gasteiger partial charge is 0.384 e. The van der Waals surface area contributed by atoms with Crippen LogP contribution in [0.25, 0.3) is 22.4 Å². The number of pyridine rings is 1. The molecule has 1 spiro atoms. The van der Waals surface area contributed by atoms with Gasteiger partial charge in [-0.05, 0) is 81.5 Å². The lowest BCUT2D eigenvalue weighted by molar-refractivity contribution is -0.137. The van der Waals surface area contributed by atoms with Gasteiger partial charge in [-0.25, -0.2) is 9.97 Å². The van der Waals surface area contributed by atoms with Crippen molar-refractivity contribution in [2.45, 2.75) is 56.3 Å². The number of amides is 1. The van der Waals surface area contributed by atoms with Crippen molar-refractivity contribution in [2.75, 3.05) is 38.0 Å². The Morgan fingerprint density at radius 2 is 1.80 bits per heavy atom. The zero-order valence-electron chi connectivity index (χ0n) is 24.6. The molecule has 13 heteroatoms. The lowest BCUT2D eigenvalue weighted by Crippen LogP contribution is -2.43. The average Bonchev–Trinajstić information content (AvgIpc) is 3.79. The van der Waals surface area contributed by atoms with Gasteiger partial charge in [0.2, 0.25) is 5.91 Å². The molecule has 0 radical (unpaired) electrons. The van der Waals surface area contributed by atoms with Crippen molar-refractivity contribution in [1.82, 2.24) is 29.9 Å². The summed E-state index contributed by atoms with van der Waals surface area (Å²) in [5.41, 5.74) is -0.0224. The molecule has 45 heavy (non-hydrogen) atoms. The number of carbonyl (C=O) groups is 1. The number of likely N-dealkylation sites (tertiary alicyclic amines) is 2. The summed E-state index contributed by atoms with van der Waals surface area (Å²) in [6.45, 7) is 3.09. The summed E-state index contributed by atoms with van der Waals surface area (Å²) in [5, 5.41) is 18.4. The van der Waals surface area contributed by atoms with E-state index in [-0.39, 0.29) is 34.7 Å². The summed E-state index contributed by atoms with van der Waals surface area (Å²) in [6.07, 6.45) is 5.53. The summed E-state index contributed by atoms with van der Waals surface area (Å²) in [7, 11) is 0. The number of hydrogen-bond acceptors (Lipinski definition) is 9. The van der Waals surface area contributed by atoms with Crippen LogP contribution in [0, 0.1) is 5.41 Å². The van der Waals surface area contributed by atoms with E-state index in [9.17, 15) is 23.1 Å². The second kappa shape index (κ2) is 11.4. The van der Waals surface area contributed by atoms with E-state index in [1.54, 1.807) is 24.7 Å². The first kappa shape index (κ1) is 29.6. The first-order valence-corrected chi connectivity index (χ1v) is 15.3. The molecule has 236 valence electrons. The average molecular weight is 622 g/mol. The van der Waals surface area contributed by atoms with Crippen LogP contribution in [0.5, 0.6) is 0 Å². The van der Waals surface area contributed by atoms with Gasteiger partial charge in [-0.2, -0.15) is 13.2 Å². The molecule has 3 fully saturated rings. The van der Waals surface area contributed by atoms with Crippen molar-refractivity contribution in [3.8, 4) is 11.4 Å². The fourth-order valence-corrected chi connectivity index (χ4v) is 7.23. The normalized spacial score (nSPS) is 25.8. The molecule has 1 atom stereocenters. The number of hydrogen-bond donors (Lipinski definition) is 2. The molecule has 2 saturated heterocycles. The third-order valence-electron chi connectivity index (χ3n) is 9.83. The lowest BCUT2D eigenvalue weighted by Gasteiger charge is -2.39. The molecular formula is C32H34F3N7O3. The van der Waals surface area contributed by atoms with Gasteiger partial charge in [0.1, 0.15) is 5.60 Å². The van der Waals surface area contributed by atoms with E-state index in [2.05, 4.69) is 30.3 Å². The van der Waals surface area contributed by atoms with Crippen LogP contribution in [-0.4, -0.2) is 79.7 Å². The lowest BCUT2D eigenvalue weighted by atomic mass is 9.79. The fourth-order valence-electron chi connectivity index (χ4n) is 7.23. The van der Waals surface area contributed by atoms with Gasteiger partial charge < -0.3 is 19.8 Å². The number of halogens is 3. The van der Waals surface area contributed by atoms with E-state index in [0.29, 0.717) is 43.5 Å². The first-order chi connectivity index (χ1) is 21.6. The Hall–Kier alpha value is -4.10. The Bertz CT molecular complexity index is 1670. The Morgan fingerprint density at radius 3 is 2.53 bits per heavy atom. The summed E-state index contributed by atoms with van der Waals surface area (Å²) >= 11 is 0. The molecule has 1 aromatic carbocycles. The molecule has 1 aliphatic carbocycles. The van der Waals surface area contributed by atoms with Gasteiger partial charge in [0.15, 0.2) is 17.2 Å². The van der Waals surface area contributed by atoms with E-state index >= 15 is 0 Å². The van der Waals surface area contributed by atoms with Crippen molar-refractivity contribution >= 4 is 22.7 Å². The topological polar surface area (TPSA) is 121 Å². The maximum absolute atomic E-state index is 13.2. The summed E-state index contributed by atoms with van der Waals surface area (Å²) in [6, 6.07) is 9.08. The summed E-state index contributed by atoms with van der Waals surface area (Å²) in [5.74, 6) is 0.609. The second-order valence-electron chi connectivity index (χ2n) is 12.6. The predicted octanol–water partition coefficient (Wildman–Crippen LogP) is 4.87. The van der Waals surface area contributed by atoms with Crippen molar-refractivity contribution < 1.29 is 27.6 Å². The summed E-state index contributed by atoms with van der Waals surface area (Å²) in [4.78, 5) is 30.6. The standard InChI is InChI=1S/C32H34F3N7O3/c33-32(34,35)22-3-4-25-24(16-22)29(40-45-25)39-18-27(43)42-15-11-30(20-42)10-14-41(19-30)23-6-8-31(44,9-7-23)26-5-2-21(17-38-26)28-36-12-1-13-37-28/h1-5,12-13,16-17,23,44H,6-11,14-15,18-20H2,(H,39,40). The highest BCUT2D eigenvalue weighted by Crippen LogP contribution is 2.44. The highest BCUT2D eigenvalue weighted by atomic mass is 19.4. The van der Waals surface area contributed by atoms with Crippen molar-refractivity contribution in [2.24, 2.45) is 5.41 Å². The van der Waals surface area contributed by atoms with Crippen molar-refractivity contribution in [1.29, 1.82) is 0 Å². The monoisotopic (exact) mass is 621 g/mol. The number of nitrogens with zero attached hydrogens (tertiary/aromatic N) is 6. The largest absolute Gasteiger partial charge is 0.416 e. The van der Waals surface area contributed by atoms with E-state index in [1.807, 2.05) is 17.0 Å². The summed E-state index contributed by atoms with van der Waals surface area (Å²) < 4.78 is 44.7. The molecule has 0 bridgehead atoms. The number of carbonyl (C=O) groups excluding carboxylic acids is 1. The maximum Gasteiger partial charge on any atom is 0.416 e. The number of anilines is 1. The molecular weight excluding hydrogens is 587 g/mol. The van der Waals surface area contributed by atoms with Gasteiger partial charge in [0.05, 0.1) is 23.2 Å². The zero-order chi connectivity index (χ0) is 31.2. The first-order valence-electron chi connectivity index (χ1n) is 15.3. The van der Waals surface area contributed by atoms with Crippen LogP contribution in [0.2, 0.25) is 0 Å². The number of fused-ring (bicyclic) bond motifs is 1. The molecule has 10 nitrogen and oxygen atoms in total. The molecule has 2 N–H and O–H groups in total. The minimum absolute atomic E-state index is 0.0303. The van der Waals surface area contributed by atoms with Crippen LogP contribution in [-0.2, 0) is 16.6 Å². The number of benzene rings is 1. The van der Waals surface area contributed by atoms with Crippen molar-refractivity contribution in [3.05, 3.63) is 66.2 Å². The maximum atomic E-state index is 13.2. The minimum Gasteiger partial charge on any atom is -0.384 e. The van der Waals surface area contributed by atoms with Crippen molar-refractivity contribution in [3.63, 3.8) is 0 Å². The number of aromatic nitrogens is 4. The zero-order valence-corrected chi connectivity index (χ0v) is 24.6. The minimum atomic E-state index is -4.49. The SMILES string of the molecule is O=C(CNc1noc2ccc(C(F)(F)F)cc12)N1CCC2(CCN(C3CCC(O)(c4ccc(-c5ncccn5)cn4)CC3)C2)C1. The highest BCUT2D eigenvalue weighted by Gasteiger charge is 2.47. The third-order valence-corrected chi connectivity index (χ3v) is 9.83. The number of nitrogens with one attached hydrogen (secondary N) is 1. The molecule has 1 amide bonds. The van der Waals surface area contributed by atoms with Crippen LogP contribution >= 0.6 is 0 Å². The van der Waals surface area contributed by atoms with Crippen LogP contribution in [0.3, 0.4) is 0 Å². The third kappa shape index (κ3) is 5.86. The molecule has 5 heterocycles. The Labute approximate surface area is 257 Å². The van der Waals surface area contributed by atoms with E-state index < -0.39 is 17.3 Å². The molecule has 1 unspecified atom stereocenters. The van der Waals surface area contributed by atoms with Crippen LogP contribution in [0.4, 0.5) is 19.0 Å². The Kier molecular flexibility index (Phi) is 7.47. The van der Waals surface area contributed by atoms with E-state index in [0.717, 1.165) is 56.5 Å². The van der Waals surface area contributed by atoms with Crippen LogP contribution in [0.15, 0.2) is 59.5 Å². The number of alkyl halides is 3. The molecule has 3 aliphatic rings. The second-order valence-corrected chi connectivity index (χ2v) is 12.6.